The lowest BCUT2D eigenvalue weighted by atomic mass is 10.0. The minimum atomic E-state index is -0.850. The van der Waals surface area contributed by atoms with Crippen LogP contribution in [0.3, 0.4) is 0 Å². The van der Waals surface area contributed by atoms with Crippen LogP contribution in [0.4, 0.5) is 0 Å². The Balaban J connectivity index is 2.34. The Morgan fingerprint density at radius 3 is 2.88 bits per heavy atom. The average molecular weight is 247 g/mol. The van der Waals surface area contributed by atoms with Gasteiger partial charge in [0.1, 0.15) is 6.10 Å². The van der Waals surface area contributed by atoms with Gasteiger partial charge in [-0.25, -0.2) is 0 Å². The molecule has 4 nitrogen and oxygen atoms in total. The number of aliphatic hydroxyl groups is 1. The number of hydrogen-bond donors (Lipinski definition) is 2. The first-order valence-corrected chi connectivity index (χ1v) is 6.96. The van der Waals surface area contributed by atoms with E-state index in [9.17, 15) is 9.90 Å². The summed E-state index contributed by atoms with van der Waals surface area (Å²) in [4.78, 5) is 11.8. The number of carbonyl (C=O) groups is 1. The smallest absolute Gasteiger partial charge is 0.249 e. The maximum atomic E-state index is 11.8. The zero-order valence-electron chi connectivity index (χ0n) is 10.2. The van der Waals surface area contributed by atoms with Crippen molar-refractivity contribution in [2.24, 2.45) is 5.92 Å². The zero-order chi connectivity index (χ0) is 12.2. The minimum Gasteiger partial charge on any atom is -0.387 e. The third-order valence-corrected chi connectivity index (χ3v) is 3.66. The lowest BCUT2D eigenvalue weighted by molar-refractivity contribution is -0.132. The highest BCUT2D eigenvalue weighted by atomic mass is 32.2. The molecule has 0 aromatic carbocycles. The van der Waals surface area contributed by atoms with Gasteiger partial charge in [0.25, 0.3) is 0 Å². The molecule has 0 aromatic heterocycles. The number of hydrogen-bond acceptors (Lipinski definition) is 4. The zero-order valence-corrected chi connectivity index (χ0v) is 11.0. The summed E-state index contributed by atoms with van der Waals surface area (Å²) in [5.74, 6) is 0.769. The molecule has 94 valence electrons. The fourth-order valence-electron chi connectivity index (χ4n) is 1.77. The highest BCUT2D eigenvalue weighted by Gasteiger charge is 2.31. The van der Waals surface area contributed by atoms with Gasteiger partial charge in [0.05, 0.1) is 5.60 Å². The van der Waals surface area contributed by atoms with E-state index >= 15 is 0 Å². The molecule has 1 fully saturated rings. The Hall–Kier alpha value is -0.260. The van der Waals surface area contributed by atoms with E-state index in [0.29, 0.717) is 12.4 Å². The van der Waals surface area contributed by atoms with Crippen molar-refractivity contribution in [2.75, 3.05) is 25.2 Å². The Morgan fingerprint density at radius 2 is 2.38 bits per heavy atom. The van der Waals surface area contributed by atoms with E-state index in [1.165, 1.54) is 0 Å². The Labute approximate surface area is 101 Å². The molecule has 1 heterocycles. The SMILES string of the molecule is CSCC(C)(O)CNC(=O)C1OCCC1C. The molecule has 16 heavy (non-hydrogen) atoms. The second kappa shape index (κ2) is 5.89. The van der Waals surface area contributed by atoms with Gasteiger partial charge in [0.15, 0.2) is 0 Å². The van der Waals surface area contributed by atoms with Gasteiger partial charge in [-0.3, -0.25) is 4.79 Å². The van der Waals surface area contributed by atoms with Crippen LogP contribution in [0.2, 0.25) is 0 Å². The van der Waals surface area contributed by atoms with E-state index < -0.39 is 5.60 Å². The van der Waals surface area contributed by atoms with Gasteiger partial charge < -0.3 is 15.2 Å². The number of ether oxygens (including phenoxy) is 1. The van der Waals surface area contributed by atoms with Crippen molar-refractivity contribution in [3.05, 3.63) is 0 Å². The molecule has 0 radical (unpaired) electrons. The third-order valence-electron chi connectivity index (χ3n) is 2.74. The Bertz CT molecular complexity index is 245. The molecule has 3 unspecified atom stereocenters. The molecule has 0 bridgehead atoms. The third kappa shape index (κ3) is 3.96. The standard InChI is InChI=1S/C11H21NO3S/c1-8-4-5-15-9(8)10(13)12-6-11(2,14)7-16-3/h8-9,14H,4-7H2,1-3H3,(H,12,13). The van der Waals surface area contributed by atoms with Gasteiger partial charge in [0, 0.05) is 18.9 Å². The van der Waals surface area contributed by atoms with Gasteiger partial charge in [-0.05, 0) is 25.5 Å². The first-order chi connectivity index (χ1) is 7.46. The molecule has 0 spiro atoms. The Morgan fingerprint density at radius 1 is 1.69 bits per heavy atom. The van der Waals surface area contributed by atoms with Gasteiger partial charge in [0.2, 0.25) is 5.91 Å². The number of nitrogens with one attached hydrogen (secondary N) is 1. The molecule has 3 atom stereocenters. The lowest BCUT2D eigenvalue weighted by Gasteiger charge is -2.24. The highest BCUT2D eigenvalue weighted by molar-refractivity contribution is 7.98. The molecule has 1 amide bonds. The summed E-state index contributed by atoms with van der Waals surface area (Å²) in [5, 5.41) is 12.6. The molecular weight excluding hydrogens is 226 g/mol. The second-order valence-electron chi connectivity index (χ2n) is 4.71. The molecule has 1 aliphatic heterocycles. The van der Waals surface area contributed by atoms with Crippen molar-refractivity contribution in [1.29, 1.82) is 0 Å². The predicted molar refractivity (Wildman–Crippen MR) is 65.5 cm³/mol. The van der Waals surface area contributed by atoms with E-state index in [-0.39, 0.29) is 24.5 Å². The van der Waals surface area contributed by atoms with Crippen LogP contribution in [0.15, 0.2) is 0 Å². The van der Waals surface area contributed by atoms with Crippen LogP contribution in [-0.4, -0.2) is 47.9 Å². The van der Waals surface area contributed by atoms with Gasteiger partial charge in [-0.2, -0.15) is 11.8 Å². The summed E-state index contributed by atoms with van der Waals surface area (Å²) in [6.45, 7) is 4.67. The number of rotatable bonds is 5. The normalized spacial score (nSPS) is 28.8. The van der Waals surface area contributed by atoms with Crippen LogP contribution >= 0.6 is 11.8 Å². The van der Waals surface area contributed by atoms with E-state index in [1.807, 2.05) is 13.2 Å². The van der Waals surface area contributed by atoms with E-state index in [1.54, 1.807) is 18.7 Å². The molecule has 2 N–H and O–H groups in total. The fraction of sp³-hybridized carbons (Fsp3) is 0.909. The molecule has 1 aliphatic rings. The first kappa shape index (κ1) is 13.8. The van der Waals surface area contributed by atoms with Crippen LogP contribution < -0.4 is 5.32 Å². The summed E-state index contributed by atoms with van der Waals surface area (Å²) < 4.78 is 5.35. The van der Waals surface area contributed by atoms with Crippen LogP contribution in [0, 0.1) is 5.92 Å². The van der Waals surface area contributed by atoms with Crippen LogP contribution in [-0.2, 0) is 9.53 Å². The summed E-state index contributed by atoms with van der Waals surface area (Å²) in [7, 11) is 0. The monoisotopic (exact) mass is 247 g/mol. The van der Waals surface area contributed by atoms with Crippen LogP contribution in [0.1, 0.15) is 20.3 Å². The molecule has 0 aliphatic carbocycles. The summed E-state index contributed by atoms with van der Waals surface area (Å²) in [6, 6.07) is 0. The van der Waals surface area contributed by atoms with Crippen molar-refractivity contribution in [3.8, 4) is 0 Å². The quantitative estimate of drug-likeness (QED) is 0.748. The number of thioether (sulfide) groups is 1. The molecular formula is C11H21NO3S. The maximum absolute atomic E-state index is 11.8. The number of amides is 1. The molecule has 0 aromatic rings. The predicted octanol–water partition coefficient (Wildman–Crippen LogP) is 0.642. The molecule has 0 saturated carbocycles. The fourth-order valence-corrected chi connectivity index (χ4v) is 2.49. The average Bonchev–Trinajstić information content (AvgIpc) is 2.61. The van der Waals surface area contributed by atoms with Crippen LogP contribution in [0.5, 0.6) is 0 Å². The van der Waals surface area contributed by atoms with Crippen molar-refractivity contribution in [1.82, 2.24) is 5.32 Å². The topological polar surface area (TPSA) is 58.6 Å². The van der Waals surface area contributed by atoms with Crippen molar-refractivity contribution < 1.29 is 14.6 Å². The van der Waals surface area contributed by atoms with Gasteiger partial charge >= 0.3 is 0 Å². The summed E-state index contributed by atoms with van der Waals surface area (Å²) in [6.07, 6.45) is 2.52. The molecule has 1 saturated heterocycles. The van der Waals surface area contributed by atoms with Gasteiger partial charge in [-0.15, -0.1) is 0 Å². The van der Waals surface area contributed by atoms with Crippen molar-refractivity contribution >= 4 is 17.7 Å². The molecule has 1 rings (SSSR count). The van der Waals surface area contributed by atoms with E-state index in [0.717, 1.165) is 6.42 Å². The highest BCUT2D eigenvalue weighted by Crippen LogP contribution is 2.20. The minimum absolute atomic E-state index is 0.105. The largest absolute Gasteiger partial charge is 0.387 e. The van der Waals surface area contributed by atoms with Crippen molar-refractivity contribution in [2.45, 2.75) is 32.0 Å². The maximum Gasteiger partial charge on any atom is 0.249 e. The van der Waals surface area contributed by atoms with Crippen molar-refractivity contribution in [3.63, 3.8) is 0 Å². The van der Waals surface area contributed by atoms with Crippen LogP contribution in [0.25, 0.3) is 0 Å². The van der Waals surface area contributed by atoms with E-state index in [2.05, 4.69) is 5.32 Å². The Kier molecular flexibility index (Phi) is 5.08. The van der Waals surface area contributed by atoms with Gasteiger partial charge in [-0.1, -0.05) is 6.92 Å². The first-order valence-electron chi connectivity index (χ1n) is 5.57. The number of carbonyl (C=O) groups excluding carboxylic acids is 1. The summed E-state index contributed by atoms with van der Waals surface area (Å²) >= 11 is 1.56. The van der Waals surface area contributed by atoms with E-state index in [4.69, 9.17) is 4.74 Å². The summed E-state index contributed by atoms with van der Waals surface area (Å²) in [5.41, 5.74) is -0.850. The lowest BCUT2D eigenvalue weighted by Crippen LogP contribution is -2.46. The molecule has 5 heteroatoms. The second-order valence-corrected chi connectivity index (χ2v) is 5.57.